The number of unbranched alkanes of at least 4 members (excludes halogenated alkanes) is 2. The summed E-state index contributed by atoms with van der Waals surface area (Å²) < 4.78 is 10.7. The normalized spacial score (nSPS) is 26.0. The molecule has 0 aromatic rings. The van der Waals surface area contributed by atoms with Gasteiger partial charge >= 0.3 is 0 Å². The number of ether oxygens (including phenoxy) is 2. The lowest BCUT2D eigenvalue weighted by atomic mass is 10.2. The van der Waals surface area contributed by atoms with Crippen molar-refractivity contribution >= 4 is 0 Å². The van der Waals surface area contributed by atoms with E-state index in [1.807, 2.05) is 0 Å². The highest BCUT2D eigenvalue weighted by Gasteiger charge is 2.20. The van der Waals surface area contributed by atoms with Gasteiger partial charge in [0.05, 0.1) is 12.2 Å². The van der Waals surface area contributed by atoms with E-state index in [2.05, 4.69) is 12.2 Å². The first-order valence-corrected chi connectivity index (χ1v) is 6.18. The molecule has 1 aliphatic rings. The molecule has 0 spiro atoms. The lowest BCUT2D eigenvalue weighted by Crippen LogP contribution is -2.27. The molecule has 90 valence electrons. The van der Waals surface area contributed by atoms with Gasteiger partial charge in [0.1, 0.15) is 0 Å². The van der Waals surface area contributed by atoms with Crippen LogP contribution in [0.5, 0.6) is 0 Å². The molecular weight excluding hydrogens is 190 g/mol. The van der Waals surface area contributed by atoms with Crippen molar-refractivity contribution < 1.29 is 9.47 Å². The zero-order valence-electron chi connectivity index (χ0n) is 10.1. The molecule has 1 aliphatic heterocycles. The van der Waals surface area contributed by atoms with Gasteiger partial charge in [-0.3, -0.25) is 0 Å². The van der Waals surface area contributed by atoms with Crippen LogP contribution in [0.3, 0.4) is 0 Å². The Morgan fingerprint density at radius 3 is 2.80 bits per heavy atom. The zero-order valence-corrected chi connectivity index (χ0v) is 10.1. The molecule has 3 nitrogen and oxygen atoms in total. The van der Waals surface area contributed by atoms with E-state index in [0.29, 0.717) is 12.2 Å². The Morgan fingerprint density at radius 2 is 2.13 bits per heavy atom. The molecule has 1 heterocycles. The van der Waals surface area contributed by atoms with Crippen molar-refractivity contribution in [2.24, 2.45) is 0 Å². The molecule has 0 aliphatic carbocycles. The van der Waals surface area contributed by atoms with Gasteiger partial charge in [-0.05, 0) is 45.6 Å². The second kappa shape index (κ2) is 8.08. The maximum Gasteiger partial charge on any atom is 0.0704 e. The summed E-state index contributed by atoms with van der Waals surface area (Å²) >= 11 is 0. The Labute approximate surface area is 93.5 Å². The minimum Gasteiger partial charge on any atom is -0.385 e. The number of rotatable bonds is 8. The quantitative estimate of drug-likeness (QED) is 0.628. The summed E-state index contributed by atoms with van der Waals surface area (Å²) in [6, 6.07) is 0. The van der Waals surface area contributed by atoms with Crippen molar-refractivity contribution in [3.8, 4) is 0 Å². The Morgan fingerprint density at radius 1 is 1.27 bits per heavy atom. The first-order chi connectivity index (χ1) is 7.33. The monoisotopic (exact) mass is 215 g/mol. The second-order valence-electron chi connectivity index (χ2n) is 4.40. The summed E-state index contributed by atoms with van der Waals surface area (Å²) in [7, 11) is 1.76. The predicted octanol–water partition coefficient (Wildman–Crippen LogP) is 1.96. The van der Waals surface area contributed by atoms with Crippen LogP contribution in [0.15, 0.2) is 0 Å². The highest BCUT2D eigenvalue weighted by atomic mass is 16.5. The van der Waals surface area contributed by atoms with E-state index in [-0.39, 0.29) is 0 Å². The average Bonchev–Trinajstić information content (AvgIpc) is 2.63. The van der Waals surface area contributed by atoms with Crippen LogP contribution in [-0.2, 0) is 9.47 Å². The number of nitrogens with one attached hydrogen (secondary N) is 1. The van der Waals surface area contributed by atoms with Crippen molar-refractivity contribution in [2.45, 2.75) is 51.2 Å². The van der Waals surface area contributed by atoms with Gasteiger partial charge < -0.3 is 14.8 Å². The Kier molecular flexibility index (Phi) is 6.98. The minimum absolute atomic E-state index is 0.457. The van der Waals surface area contributed by atoms with E-state index in [1.54, 1.807) is 7.11 Å². The third-order valence-corrected chi connectivity index (χ3v) is 2.89. The molecule has 0 bridgehead atoms. The molecule has 1 saturated heterocycles. The van der Waals surface area contributed by atoms with Crippen molar-refractivity contribution in [3.05, 3.63) is 0 Å². The smallest absolute Gasteiger partial charge is 0.0704 e. The van der Waals surface area contributed by atoms with Gasteiger partial charge in [-0.2, -0.15) is 0 Å². The van der Waals surface area contributed by atoms with Crippen LogP contribution < -0.4 is 5.32 Å². The molecule has 1 fully saturated rings. The molecule has 1 N–H and O–H groups in total. The van der Waals surface area contributed by atoms with Crippen LogP contribution >= 0.6 is 0 Å². The zero-order chi connectivity index (χ0) is 10.9. The molecule has 0 radical (unpaired) electrons. The van der Waals surface area contributed by atoms with Crippen molar-refractivity contribution in [2.75, 3.05) is 26.8 Å². The molecule has 2 unspecified atom stereocenters. The van der Waals surface area contributed by atoms with Gasteiger partial charge in [-0.1, -0.05) is 0 Å². The van der Waals surface area contributed by atoms with Gasteiger partial charge in [0, 0.05) is 20.3 Å². The van der Waals surface area contributed by atoms with E-state index >= 15 is 0 Å². The summed E-state index contributed by atoms with van der Waals surface area (Å²) in [5.74, 6) is 0. The van der Waals surface area contributed by atoms with Gasteiger partial charge in [-0.15, -0.1) is 0 Å². The molecule has 3 heteroatoms. The third-order valence-electron chi connectivity index (χ3n) is 2.89. The van der Waals surface area contributed by atoms with Crippen LogP contribution in [0, 0.1) is 0 Å². The van der Waals surface area contributed by atoms with Crippen LogP contribution in [0.25, 0.3) is 0 Å². The van der Waals surface area contributed by atoms with E-state index < -0.39 is 0 Å². The van der Waals surface area contributed by atoms with Crippen molar-refractivity contribution in [3.63, 3.8) is 0 Å². The summed E-state index contributed by atoms with van der Waals surface area (Å²) in [6.07, 6.45) is 7.04. The summed E-state index contributed by atoms with van der Waals surface area (Å²) in [5.41, 5.74) is 0. The first kappa shape index (κ1) is 12.9. The van der Waals surface area contributed by atoms with Crippen molar-refractivity contribution in [1.82, 2.24) is 5.32 Å². The van der Waals surface area contributed by atoms with Crippen molar-refractivity contribution in [1.29, 1.82) is 0 Å². The van der Waals surface area contributed by atoms with Gasteiger partial charge in [0.25, 0.3) is 0 Å². The molecule has 0 amide bonds. The SMILES string of the molecule is COCCCCCNCC1CCC(C)O1. The molecule has 1 rings (SSSR count). The lowest BCUT2D eigenvalue weighted by molar-refractivity contribution is 0.0561. The summed E-state index contributed by atoms with van der Waals surface area (Å²) in [6.45, 7) is 5.18. The first-order valence-electron chi connectivity index (χ1n) is 6.18. The number of methoxy groups -OCH3 is 1. The standard InChI is InChI=1S/C12H25NO2/c1-11-6-7-12(15-11)10-13-8-4-3-5-9-14-2/h11-13H,3-10H2,1-2H3. The van der Waals surface area contributed by atoms with E-state index in [0.717, 1.165) is 19.7 Å². The fraction of sp³-hybridized carbons (Fsp3) is 1.00. The topological polar surface area (TPSA) is 30.5 Å². The summed E-state index contributed by atoms with van der Waals surface area (Å²) in [4.78, 5) is 0. The van der Waals surface area contributed by atoms with E-state index in [1.165, 1.54) is 32.1 Å². The third kappa shape index (κ3) is 6.13. The van der Waals surface area contributed by atoms with Crippen LogP contribution in [0.4, 0.5) is 0 Å². The molecule has 0 aromatic heterocycles. The molecule has 0 saturated carbocycles. The average molecular weight is 215 g/mol. The van der Waals surface area contributed by atoms with E-state index in [4.69, 9.17) is 9.47 Å². The predicted molar refractivity (Wildman–Crippen MR) is 62.2 cm³/mol. The highest BCUT2D eigenvalue weighted by molar-refractivity contribution is 4.72. The van der Waals surface area contributed by atoms with Crippen LogP contribution in [0.1, 0.15) is 39.0 Å². The highest BCUT2D eigenvalue weighted by Crippen LogP contribution is 2.17. The van der Waals surface area contributed by atoms with Crippen LogP contribution in [-0.4, -0.2) is 39.0 Å². The Hall–Kier alpha value is -0.120. The molecule has 0 aromatic carbocycles. The van der Waals surface area contributed by atoms with Gasteiger partial charge in [-0.25, -0.2) is 0 Å². The maximum atomic E-state index is 5.72. The maximum absolute atomic E-state index is 5.72. The fourth-order valence-corrected chi connectivity index (χ4v) is 1.97. The molecular formula is C12H25NO2. The largest absolute Gasteiger partial charge is 0.385 e. The van der Waals surface area contributed by atoms with Crippen LogP contribution in [0.2, 0.25) is 0 Å². The lowest BCUT2D eigenvalue weighted by Gasteiger charge is -2.11. The fourth-order valence-electron chi connectivity index (χ4n) is 1.97. The number of hydrogen-bond donors (Lipinski definition) is 1. The van der Waals surface area contributed by atoms with Gasteiger partial charge in [0.15, 0.2) is 0 Å². The molecule has 2 atom stereocenters. The molecule has 15 heavy (non-hydrogen) atoms. The number of hydrogen-bond acceptors (Lipinski definition) is 3. The van der Waals surface area contributed by atoms with E-state index in [9.17, 15) is 0 Å². The Bertz CT molecular complexity index is 153. The second-order valence-corrected chi connectivity index (χ2v) is 4.40. The minimum atomic E-state index is 0.457. The Balaban J connectivity index is 1.81. The van der Waals surface area contributed by atoms with Gasteiger partial charge in [0.2, 0.25) is 0 Å². The summed E-state index contributed by atoms with van der Waals surface area (Å²) in [5, 5.41) is 3.46.